The zero-order chi connectivity index (χ0) is 18.3. The first-order chi connectivity index (χ1) is 11.3. The van der Waals surface area contributed by atoms with Gasteiger partial charge >= 0.3 is 5.97 Å². The van der Waals surface area contributed by atoms with Crippen molar-refractivity contribution in [2.45, 2.75) is 118 Å². The molecule has 0 aromatic rings. The first kappa shape index (κ1) is 23.5. The predicted octanol–water partition coefficient (Wildman–Crippen LogP) is 7.30. The van der Waals surface area contributed by atoms with Crippen LogP contribution in [0, 0.1) is 11.3 Å². The van der Waals surface area contributed by atoms with E-state index in [2.05, 4.69) is 34.6 Å². The van der Waals surface area contributed by atoms with E-state index in [0.717, 1.165) is 12.8 Å². The Bertz CT molecular complexity index is 291. The van der Waals surface area contributed by atoms with Crippen LogP contribution in [0.25, 0.3) is 0 Å². The molecule has 0 fully saturated rings. The van der Waals surface area contributed by atoms with Gasteiger partial charge in [0.1, 0.15) is 0 Å². The van der Waals surface area contributed by atoms with Crippen molar-refractivity contribution < 1.29 is 9.53 Å². The molecule has 0 heterocycles. The van der Waals surface area contributed by atoms with E-state index in [1.165, 1.54) is 64.2 Å². The molecule has 1 unspecified atom stereocenters. The number of carbonyl (C=O) groups is 1. The Morgan fingerprint density at radius 3 is 1.88 bits per heavy atom. The SMILES string of the molecule is CCCCCCCCCCCCC(=O)OCCC(C)CC(C)(C)C. The fourth-order valence-corrected chi connectivity index (χ4v) is 3.35. The summed E-state index contributed by atoms with van der Waals surface area (Å²) in [7, 11) is 0. The third-order valence-corrected chi connectivity index (χ3v) is 4.57. The van der Waals surface area contributed by atoms with Crippen molar-refractivity contribution in [2.75, 3.05) is 6.61 Å². The lowest BCUT2D eigenvalue weighted by Crippen LogP contribution is -2.14. The highest BCUT2D eigenvalue weighted by Crippen LogP contribution is 2.25. The van der Waals surface area contributed by atoms with Gasteiger partial charge in [0.15, 0.2) is 0 Å². The van der Waals surface area contributed by atoms with E-state index in [9.17, 15) is 4.79 Å². The molecule has 0 N–H and O–H groups in total. The molecule has 0 aliphatic carbocycles. The molecule has 0 aromatic heterocycles. The van der Waals surface area contributed by atoms with Gasteiger partial charge < -0.3 is 4.74 Å². The molecule has 0 saturated carbocycles. The summed E-state index contributed by atoms with van der Waals surface area (Å²) in [6, 6.07) is 0. The second kappa shape index (κ2) is 14.8. The topological polar surface area (TPSA) is 26.3 Å². The van der Waals surface area contributed by atoms with E-state index >= 15 is 0 Å². The van der Waals surface area contributed by atoms with Gasteiger partial charge in [0.2, 0.25) is 0 Å². The summed E-state index contributed by atoms with van der Waals surface area (Å²) in [5.41, 5.74) is 0.361. The van der Waals surface area contributed by atoms with Crippen molar-refractivity contribution in [1.29, 1.82) is 0 Å². The van der Waals surface area contributed by atoms with E-state index in [1.807, 2.05) is 0 Å². The number of hydrogen-bond acceptors (Lipinski definition) is 2. The molecule has 0 rings (SSSR count). The van der Waals surface area contributed by atoms with Crippen LogP contribution in [0.1, 0.15) is 118 Å². The summed E-state index contributed by atoms with van der Waals surface area (Å²) >= 11 is 0. The zero-order valence-electron chi connectivity index (χ0n) is 17.3. The molecular formula is C22H44O2. The summed E-state index contributed by atoms with van der Waals surface area (Å²) in [4.78, 5) is 11.7. The highest BCUT2D eigenvalue weighted by molar-refractivity contribution is 5.69. The van der Waals surface area contributed by atoms with Crippen LogP contribution >= 0.6 is 0 Å². The van der Waals surface area contributed by atoms with Gasteiger partial charge in [-0.25, -0.2) is 0 Å². The second-order valence-electron chi connectivity index (χ2n) is 8.81. The van der Waals surface area contributed by atoms with E-state index in [0.29, 0.717) is 24.4 Å². The van der Waals surface area contributed by atoms with Crippen LogP contribution in [0.2, 0.25) is 0 Å². The number of rotatable bonds is 15. The number of unbranched alkanes of at least 4 members (excludes halogenated alkanes) is 9. The van der Waals surface area contributed by atoms with Gasteiger partial charge in [0, 0.05) is 6.42 Å². The van der Waals surface area contributed by atoms with Crippen molar-refractivity contribution in [3.8, 4) is 0 Å². The first-order valence-electron chi connectivity index (χ1n) is 10.5. The van der Waals surface area contributed by atoms with Gasteiger partial charge in [0.05, 0.1) is 6.61 Å². The molecule has 144 valence electrons. The first-order valence-corrected chi connectivity index (χ1v) is 10.5. The van der Waals surface area contributed by atoms with Gasteiger partial charge in [-0.15, -0.1) is 0 Å². The largest absolute Gasteiger partial charge is 0.466 e. The number of carbonyl (C=O) groups excluding carboxylic acids is 1. The lowest BCUT2D eigenvalue weighted by atomic mass is 9.84. The minimum atomic E-state index is -0.00229. The zero-order valence-corrected chi connectivity index (χ0v) is 17.3. The van der Waals surface area contributed by atoms with Gasteiger partial charge in [-0.1, -0.05) is 92.4 Å². The predicted molar refractivity (Wildman–Crippen MR) is 105 cm³/mol. The third kappa shape index (κ3) is 17.8. The van der Waals surface area contributed by atoms with Gasteiger partial charge in [-0.2, -0.15) is 0 Å². The van der Waals surface area contributed by atoms with E-state index in [4.69, 9.17) is 4.74 Å². The molecule has 0 radical (unpaired) electrons. The summed E-state index contributed by atoms with van der Waals surface area (Å²) in [5, 5.41) is 0. The smallest absolute Gasteiger partial charge is 0.305 e. The van der Waals surface area contributed by atoms with Crippen LogP contribution in [-0.4, -0.2) is 12.6 Å². The minimum Gasteiger partial charge on any atom is -0.466 e. The summed E-state index contributed by atoms with van der Waals surface area (Å²) in [5.74, 6) is 0.618. The Kier molecular flexibility index (Phi) is 14.5. The molecular weight excluding hydrogens is 296 g/mol. The maximum atomic E-state index is 11.7. The molecule has 0 saturated heterocycles. The molecule has 0 amide bonds. The quantitative estimate of drug-likeness (QED) is 0.231. The number of ether oxygens (including phenoxy) is 1. The summed E-state index contributed by atoms with van der Waals surface area (Å²) in [6.45, 7) is 11.9. The van der Waals surface area contributed by atoms with Crippen LogP contribution in [-0.2, 0) is 9.53 Å². The molecule has 0 spiro atoms. The average molecular weight is 341 g/mol. The standard InChI is InChI=1S/C22H44O2/c1-6-7-8-9-10-11-12-13-14-15-16-21(23)24-18-17-20(2)19-22(3,4)5/h20H,6-19H2,1-5H3. The van der Waals surface area contributed by atoms with Crippen molar-refractivity contribution in [1.82, 2.24) is 0 Å². The highest BCUT2D eigenvalue weighted by atomic mass is 16.5. The Morgan fingerprint density at radius 1 is 0.875 bits per heavy atom. The molecule has 2 nitrogen and oxygen atoms in total. The Morgan fingerprint density at radius 2 is 1.38 bits per heavy atom. The molecule has 0 aromatic carbocycles. The van der Waals surface area contributed by atoms with Crippen LogP contribution in [0.4, 0.5) is 0 Å². The highest BCUT2D eigenvalue weighted by Gasteiger charge is 2.15. The van der Waals surface area contributed by atoms with Crippen LogP contribution in [0.15, 0.2) is 0 Å². The molecule has 0 aliphatic rings. The Hall–Kier alpha value is -0.530. The maximum absolute atomic E-state index is 11.7. The van der Waals surface area contributed by atoms with Gasteiger partial charge in [-0.3, -0.25) is 4.79 Å². The van der Waals surface area contributed by atoms with Crippen molar-refractivity contribution >= 4 is 5.97 Å². The molecule has 0 bridgehead atoms. The second-order valence-corrected chi connectivity index (χ2v) is 8.81. The van der Waals surface area contributed by atoms with Gasteiger partial charge in [-0.05, 0) is 30.6 Å². The van der Waals surface area contributed by atoms with E-state index in [1.54, 1.807) is 0 Å². The fourth-order valence-electron chi connectivity index (χ4n) is 3.35. The number of hydrogen-bond donors (Lipinski definition) is 0. The van der Waals surface area contributed by atoms with Crippen LogP contribution in [0.3, 0.4) is 0 Å². The van der Waals surface area contributed by atoms with Crippen LogP contribution in [0.5, 0.6) is 0 Å². The monoisotopic (exact) mass is 340 g/mol. The molecule has 2 heteroatoms. The molecule has 24 heavy (non-hydrogen) atoms. The lowest BCUT2D eigenvalue weighted by Gasteiger charge is -2.22. The fraction of sp³-hybridized carbons (Fsp3) is 0.955. The van der Waals surface area contributed by atoms with Gasteiger partial charge in [0.25, 0.3) is 0 Å². The van der Waals surface area contributed by atoms with E-state index < -0.39 is 0 Å². The van der Waals surface area contributed by atoms with Crippen molar-refractivity contribution in [2.24, 2.45) is 11.3 Å². The van der Waals surface area contributed by atoms with Crippen LogP contribution < -0.4 is 0 Å². The maximum Gasteiger partial charge on any atom is 0.305 e. The third-order valence-electron chi connectivity index (χ3n) is 4.57. The minimum absolute atomic E-state index is 0.00229. The summed E-state index contributed by atoms with van der Waals surface area (Å²) in [6.07, 6.45) is 15.8. The summed E-state index contributed by atoms with van der Waals surface area (Å²) < 4.78 is 5.37. The van der Waals surface area contributed by atoms with E-state index in [-0.39, 0.29) is 5.97 Å². The Balaban J connectivity index is 3.35. The number of esters is 1. The average Bonchev–Trinajstić information content (AvgIpc) is 2.47. The van der Waals surface area contributed by atoms with Crippen molar-refractivity contribution in [3.63, 3.8) is 0 Å². The Labute approximate surface area is 152 Å². The molecule has 0 aliphatic heterocycles. The van der Waals surface area contributed by atoms with Crippen molar-refractivity contribution in [3.05, 3.63) is 0 Å². The molecule has 1 atom stereocenters. The normalized spacial score (nSPS) is 13.0. The lowest BCUT2D eigenvalue weighted by molar-refractivity contribution is -0.144.